The van der Waals surface area contributed by atoms with Crippen molar-refractivity contribution in [2.45, 2.75) is 155 Å². The number of ether oxygens (including phenoxy) is 3. The van der Waals surface area contributed by atoms with Gasteiger partial charge in [-0.05, 0) is 77.0 Å². The summed E-state index contributed by atoms with van der Waals surface area (Å²) in [7, 11) is 0. The first kappa shape index (κ1) is 59.5. The van der Waals surface area contributed by atoms with Crippen LogP contribution in [0.2, 0.25) is 0 Å². The highest BCUT2D eigenvalue weighted by atomic mass is 16.6. The van der Waals surface area contributed by atoms with E-state index in [1.54, 1.807) is 0 Å². The number of unbranched alkanes of at least 4 members (excludes halogenated alkanes) is 11. The summed E-state index contributed by atoms with van der Waals surface area (Å²) in [4.78, 5) is 37.8. The predicted molar refractivity (Wildman–Crippen MR) is 278 cm³/mol. The van der Waals surface area contributed by atoms with Gasteiger partial charge in [-0.25, -0.2) is 0 Å². The van der Waals surface area contributed by atoms with E-state index in [0.29, 0.717) is 19.3 Å². The first-order valence-corrected chi connectivity index (χ1v) is 24.5. The molecule has 0 aliphatic heterocycles. The molecular weight excluding hydrogens is 805 g/mol. The van der Waals surface area contributed by atoms with E-state index in [-0.39, 0.29) is 50.4 Å². The van der Waals surface area contributed by atoms with E-state index < -0.39 is 6.10 Å². The zero-order valence-electron chi connectivity index (χ0n) is 40.4. The maximum atomic E-state index is 12.8. The molecule has 0 fully saturated rings. The molecule has 0 N–H and O–H groups in total. The average Bonchev–Trinajstić information content (AvgIpc) is 3.30. The maximum absolute atomic E-state index is 12.8. The molecule has 6 nitrogen and oxygen atoms in total. The Bertz CT molecular complexity index is 1630. The van der Waals surface area contributed by atoms with E-state index in [4.69, 9.17) is 14.2 Å². The van der Waals surface area contributed by atoms with Crippen molar-refractivity contribution in [3.8, 4) is 0 Å². The summed E-state index contributed by atoms with van der Waals surface area (Å²) >= 11 is 0. The number of esters is 3. The number of hydrogen-bond donors (Lipinski definition) is 0. The highest BCUT2D eigenvalue weighted by molar-refractivity contribution is 5.71. The van der Waals surface area contributed by atoms with Gasteiger partial charge in [0.1, 0.15) is 13.2 Å². The first-order chi connectivity index (χ1) is 32.0. The van der Waals surface area contributed by atoms with E-state index >= 15 is 0 Å². The van der Waals surface area contributed by atoms with Gasteiger partial charge in [0.25, 0.3) is 0 Å². The van der Waals surface area contributed by atoms with E-state index in [1.165, 1.54) is 25.7 Å². The van der Waals surface area contributed by atoms with Crippen molar-refractivity contribution in [2.75, 3.05) is 13.2 Å². The molecule has 6 heteroatoms. The van der Waals surface area contributed by atoms with Gasteiger partial charge in [-0.3, -0.25) is 14.4 Å². The number of rotatable bonds is 40. The number of hydrogen-bond acceptors (Lipinski definition) is 6. The molecule has 0 aromatic rings. The van der Waals surface area contributed by atoms with Gasteiger partial charge in [-0.15, -0.1) is 0 Å². The second-order valence-electron chi connectivity index (χ2n) is 15.3. The summed E-state index contributed by atoms with van der Waals surface area (Å²) in [6, 6.07) is 0. The molecule has 0 radical (unpaired) electrons. The zero-order chi connectivity index (χ0) is 47.2. The van der Waals surface area contributed by atoms with Gasteiger partial charge in [0.05, 0.1) is 0 Å². The van der Waals surface area contributed by atoms with Gasteiger partial charge < -0.3 is 14.2 Å². The van der Waals surface area contributed by atoms with Gasteiger partial charge in [0.2, 0.25) is 0 Å². The molecule has 0 aromatic carbocycles. The third-order valence-electron chi connectivity index (χ3n) is 9.26. The Kier molecular flexibility index (Phi) is 46.8. The monoisotopic (exact) mass is 889 g/mol. The van der Waals surface area contributed by atoms with Crippen molar-refractivity contribution < 1.29 is 28.6 Å². The van der Waals surface area contributed by atoms with Gasteiger partial charge in [0.15, 0.2) is 6.10 Å². The fourth-order valence-electron chi connectivity index (χ4n) is 5.64. The first-order valence-electron chi connectivity index (χ1n) is 24.5. The summed E-state index contributed by atoms with van der Waals surface area (Å²) in [5.41, 5.74) is 0. The fraction of sp³-hybridized carbons (Fsp3) is 0.441. The Balaban J connectivity index is 4.63. The molecule has 0 saturated carbocycles. The Morgan fingerprint density at radius 1 is 0.323 bits per heavy atom. The number of carbonyl (C=O) groups excluding carboxylic acids is 3. The Hall–Kier alpha value is -5.49. The summed E-state index contributed by atoms with van der Waals surface area (Å²) in [6.07, 6.45) is 77.3. The molecule has 1 atom stereocenters. The van der Waals surface area contributed by atoms with Crippen LogP contribution in [0.3, 0.4) is 0 Å². The van der Waals surface area contributed by atoms with Crippen molar-refractivity contribution in [1.29, 1.82) is 0 Å². The third-order valence-corrected chi connectivity index (χ3v) is 9.26. The van der Waals surface area contributed by atoms with Gasteiger partial charge in [-0.2, -0.15) is 0 Å². The van der Waals surface area contributed by atoms with E-state index in [9.17, 15) is 14.4 Å². The van der Waals surface area contributed by atoms with Crippen LogP contribution in [0, 0.1) is 0 Å². The van der Waals surface area contributed by atoms with E-state index in [1.807, 2.05) is 146 Å². The van der Waals surface area contributed by atoms with Crippen molar-refractivity contribution in [3.63, 3.8) is 0 Å². The van der Waals surface area contributed by atoms with Crippen LogP contribution in [0.1, 0.15) is 149 Å². The summed E-state index contributed by atoms with van der Waals surface area (Å²) in [5.74, 6) is -1.08. The molecule has 0 aliphatic carbocycles. The average molecular weight is 889 g/mol. The molecule has 0 amide bonds. The van der Waals surface area contributed by atoms with Crippen LogP contribution in [-0.2, 0) is 28.6 Å². The minimum atomic E-state index is -0.842. The zero-order valence-corrected chi connectivity index (χ0v) is 40.4. The summed E-state index contributed by atoms with van der Waals surface area (Å²) in [5, 5.41) is 0. The van der Waals surface area contributed by atoms with Crippen LogP contribution in [0.15, 0.2) is 182 Å². The maximum Gasteiger partial charge on any atom is 0.306 e. The highest BCUT2D eigenvalue weighted by Crippen LogP contribution is 2.10. The third kappa shape index (κ3) is 49.4. The lowest BCUT2D eigenvalue weighted by Crippen LogP contribution is -2.30. The molecule has 0 aliphatic rings. The van der Waals surface area contributed by atoms with Crippen molar-refractivity contribution in [3.05, 3.63) is 182 Å². The molecule has 0 aromatic heterocycles. The molecule has 356 valence electrons. The minimum absolute atomic E-state index is 0.138. The normalized spacial score (nSPS) is 13.7. The van der Waals surface area contributed by atoms with E-state index in [0.717, 1.165) is 64.2 Å². The van der Waals surface area contributed by atoms with Crippen molar-refractivity contribution >= 4 is 17.9 Å². The molecule has 0 saturated heterocycles. The Morgan fingerprint density at radius 2 is 0.631 bits per heavy atom. The summed E-state index contributed by atoms with van der Waals surface area (Å²) in [6.45, 7) is 6.16. The lowest BCUT2D eigenvalue weighted by atomic mass is 10.1. The van der Waals surface area contributed by atoms with E-state index in [2.05, 4.69) is 57.2 Å². The Labute approximate surface area is 395 Å². The van der Waals surface area contributed by atoms with Crippen molar-refractivity contribution in [1.82, 2.24) is 0 Å². The lowest BCUT2D eigenvalue weighted by molar-refractivity contribution is -0.167. The van der Waals surface area contributed by atoms with Crippen LogP contribution in [0.25, 0.3) is 0 Å². The number of carbonyl (C=O) groups is 3. The topological polar surface area (TPSA) is 78.9 Å². The molecule has 0 bridgehead atoms. The summed E-state index contributed by atoms with van der Waals surface area (Å²) < 4.78 is 16.6. The van der Waals surface area contributed by atoms with Crippen LogP contribution in [0.5, 0.6) is 0 Å². The smallest absolute Gasteiger partial charge is 0.306 e. The largest absolute Gasteiger partial charge is 0.462 e. The SMILES string of the molecule is CC\C=C/C=C\C=C/C=C\C=C\C=C/C=C\CCCCCC(=O)OCC(COC(=O)CCC/C=C\CCCCCC)OC(=O)CCCCC\C=C/C=C\C=C\C=C/C=C\C=C/C=C\CC. The minimum Gasteiger partial charge on any atom is -0.462 e. The van der Waals surface area contributed by atoms with Gasteiger partial charge in [-0.1, -0.05) is 235 Å². The second kappa shape index (κ2) is 51.1. The van der Waals surface area contributed by atoms with Gasteiger partial charge >= 0.3 is 17.9 Å². The molecule has 65 heavy (non-hydrogen) atoms. The number of allylic oxidation sites excluding steroid dienone is 30. The molecule has 0 spiro atoms. The standard InChI is InChI=1S/C59H84O6/c1-4-7-10-13-16-19-21-23-25-27-29-31-33-35-37-40-43-46-49-52-58(61)64-55-56(54-63-57(60)51-48-45-42-39-18-15-12-9-6-3)65-59(62)53-50-47-44-41-38-36-34-32-30-28-26-24-22-20-17-14-11-8-5-2/h7-8,10-11,13-14,16-17,19-39,42,56H,4-6,9,12,15,18,40-41,43-55H2,1-3H3/b10-7-,11-8-,16-13-,17-14-,21-19-,22-20-,25-23-,26-24-,29-27+,30-28+,33-31-,34-32-,37-35-,38-36-,42-39-. The quantitative estimate of drug-likeness (QED) is 0.0200. The van der Waals surface area contributed by atoms with Crippen LogP contribution >= 0.6 is 0 Å². The molecule has 1 unspecified atom stereocenters. The van der Waals surface area contributed by atoms with Crippen LogP contribution in [-0.4, -0.2) is 37.2 Å². The lowest BCUT2D eigenvalue weighted by Gasteiger charge is -2.18. The molecule has 0 rings (SSSR count). The second-order valence-corrected chi connectivity index (χ2v) is 15.3. The predicted octanol–water partition coefficient (Wildman–Crippen LogP) is 16.2. The van der Waals surface area contributed by atoms with Crippen LogP contribution in [0.4, 0.5) is 0 Å². The fourth-order valence-corrected chi connectivity index (χ4v) is 5.64. The molecular formula is C59H84O6. The van der Waals surface area contributed by atoms with Gasteiger partial charge in [0, 0.05) is 19.3 Å². The highest BCUT2D eigenvalue weighted by Gasteiger charge is 2.19. The van der Waals surface area contributed by atoms with Crippen molar-refractivity contribution in [2.24, 2.45) is 0 Å². The molecule has 0 heterocycles. The van der Waals surface area contributed by atoms with Crippen LogP contribution < -0.4 is 0 Å². The Morgan fingerprint density at radius 3 is 1.02 bits per heavy atom.